The maximum atomic E-state index is 10.9. The summed E-state index contributed by atoms with van der Waals surface area (Å²) in [6, 6.07) is 0. The second-order valence-corrected chi connectivity index (χ2v) is 1.98. The largest absolute Gasteiger partial charge is 0.478 e. The number of aryl methyl sites for hydroxylation is 1. The van der Waals surface area contributed by atoms with Crippen molar-refractivity contribution in [1.29, 1.82) is 0 Å². The van der Waals surface area contributed by atoms with Crippen molar-refractivity contribution in [3.05, 3.63) is 16.6 Å². The second-order valence-electron chi connectivity index (χ2n) is 1.98. The van der Waals surface area contributed by atoms with Crippen molar-refractivity contribution >= 4 is 12.2 Å². The van der Waals surface area contributed by atoms with E-state index in [1.165, 1.54) is 7.05 Å². The number of hydrogen-bond acceptors (Lipinski definition) is 4. The van der Waals surface area contributed by atoms with Crippen molar-refractivity contribution in [2.24, 2.45) is 7.05 Å². The maximum absolute atomic E-state index is 10.9. The summed E-state index contributed by atoms with van der Waals surface area (Å²) < 4.78 is 1.82. The fraction of sp³-hybridized carbons (Fsp3) is 0.200. The highest BCUT2D eigenvalue weighted by Crippen LogP contribution is 1.75. The lowest BCUT2D eigenvalue weighted by Crippen LogP contribution is -2.19. The Hall–Kier alpha value is -1.92. The first kappa shape index (κ1) is 8.18. The van der Waals surface area contributed by atoms with Gasteiger partial charge in [0.05, 0.1) is 0 Å². The van der Waals surface area contributed by atoms with Crippen LogP contribution >= 0.6 is 0 Å². The number of carboxylic acid groups (broad SMARTS) is 1. The highest BCUT2D eigenvalue weighted by molar-refractivity contribution is 5.82. The topological polar surface area (TPSA) is 90.0 Å². The molecule has 0 aromatic carbocycles. The van der Waals surface area contributed by atoms with Gasteiger partial charge in [0.25, 0.3) is 0 Å². The Bertz CT molecular complexity index is 374. The van der Waals surface area contributed by atoms with Crippen molar-refractivity contribution < 1.29 is 9.90 Å². The second kappa shape index (κ2) is 2.99. The lowest BCUT2D eigenvalue weighted by molar-refractivity contribution is -0.131. The fourth-order valence-electron chi connectivity index (χ4n) is 0.556. The Balaban J connectivity index is 2.98. The number of aliphatic carboxylic acids is 1. The zero-order valence-electron chi connectivity index (χ0n) is 6.21. The molecule has 0 amide bonds. The lowest BCUT2D eigenvalue weighted by atomic mass is 10.6. The summed E-state index contributed by atoms with van der Waals surface area (Å²) in [7, 11) is 1.42. The molecule has 0 saturated heterocycles. The molecule has 0 spiro atoms. The summed E-state index contributed by atoms with van der Waals surface area (Å²) >= 11 is 0. The van der Waals surface area contributed by atoms with Crippen LogP contribution in [-0.4, -0.2) is 30.9 Å². The van der Waals surface area contributed by atoms with Gasteiger partial charge in [-0.05, 0) is 10.4 Å². The Labute approximate surface area is 66.5 Å². The molecule has 0 atom stereocenters. The minimum Gasteiger partial charge on any atom is -0.478 e. The molecule has 0 radical (unpaired) electrons. The van der Waals surface area contributed by atoms with E-state index in [2.05, 4.69) is 10.4 Å². The van der Waals surface area contributed by atoms with Gasteiger partial charge in [0, 0.05) is 19.3 Å². The molecule has 1 heterocycles. The van der Waals surface area contributed by atoms with Crippen LogP contribution in [0.3, 0.4) is 0 Å². The van der Waals surface area contributed by atoms with Crippen LogP contribution < -0.4 is 5.69 Å². The van der Waals surface area contributed by atoms with E-state index < -0.39 is 11.7 Å². The average molecular weight is 170 g/mol. The van der Waals surface area contributed by atoms with E-state index in [1.54, 1.807) is 0 Å². The molecular formula is C5H6N4O3. The first-order chi connectivity index (χ1) is 5.61. The Kier molecular flexibility index (Phi) is 2.04. The minimum atomic E-state index is -1.15. The standard InChI is InChI=1S/C5H6N4O3/c1-8-5(12)9(7-6-8)3-2-4(10)11/h2-3H,1H3,(H,10,11)/b3-2-. The number of aromatic nitrogens is 4. The summed E-state index contributed by atoms with van der Waals surface area (Å²) in [5.41, 5.74) is -0.493. The van der Waals surface area contributed by atoms with Gasteiger partial charge in [-0.1, -0.05) is 0 Å². The van der Waals surface area contributed by atoms with Crippen LogP contribution in [0.15, 0.2) is 10.9 Å². The first-order valence-corrected chi connectivity index (χ1v) is 3.01. The molecule has 7 nitrogen and oxygen atoms in total. The number of carbonyl (C=O) groups is 1. The quantitative estimate of drug-likeness (QED) is 0.547. The highest BCUT2D eigenvalue weighted by Gasteiger charge is 1.98. The summed E-state index contributed by atoms with van der Waals surface area (Å²) in [6.07, 6.45) is 1.83. The summed E-state index contributed by atoms with van der Waals surface area (Å²) in [5, 5.41) is 14.9. The van der Waals surface area contributed by atoms with Crippen molar-refractivity contribution in [3.63, 3.8) is 0 Å². The molecule has 0 aliphatic heterocycles. The zero-order valence-corrected chi connectivity index (χ0v) is 6.21. The van der Waals surface area contributed by atoms with Crippen LogP contribution in [0.2, 0.25) is 0 Å². The summed E-state index contributed by atoms with van der Waals surface area (Å²) in [4.78, 5) is 21.0. The van der Waals surface area contributed by atoms with E-state index in [-0.39, 0.29) is 0 Å². The number of carboxylic acids is 1. The van der Waals surface area contributed by atoms with Gasteiger partial charge < -0.3 is 5.11 Å². The molecule has 0 unspecified atom stereocenters. The van der Waals surface area contributed by atoms with Crippen molar-refractivity contribution in [1.82, 2.24) is 19.8 Å². The van der Waals surface area contributed by atoms with Crippen molar-refractivity contribution in [2.75, 3.05) is 0 Å². The van der Waals surface area contributed by atoms with Gasteiger partial charge in [-0.3, -0.25) is 0 Å². The van der Waals surface area contributed by atoms with Crippen LogP contribution in [0.1, 0.15) is 0 Å². The molecule has 12 heavy (non-hydrogen) atoms. The molecule has 0 bridgehead atoms. The molecule has 1 rings (SSSR count). The van der Waals surface area contributed by atoms with E-state index in [0.717, 1.165) is 21.6 Å². The van der Waals surface area contributed by atoms with E-state index in [0.29, 0.717) is 0 Å². The maximum Gasteiger partial charge on any atom is 0.367 e. The molecule has 0 aliphatic carbocycles. The van der Waals surface area contributed by atoms with Crippen molar-refractivity contribution in [2.45, 2.75) is 0 Å². The predicted octanol–water partition coefficient (Wildman–Crippen LogP) is -1.47. The van der Waals surface area contributed by atoms with Gasteiger partial charge in [-0.15, -0.1) is 0 Å². The Morgan fingerprint density at radius 1 is 1.58 bits per heavy atom. The normalized spacial score (nSPS) is 10.8. The SMILES string of the molecule is Cn1nnn(/C=C\C(=O)O)c1=O. The molecule has 7 heteroatoms. The number of rotatable bonds is 2. The lowest BCUT2D eigenvalue weighted by Gasteiger charge is -1.82. The van der Waals surface area contributed by atoms with Gasteiger partial charge in [0.2, 0.25) is 0 Å². The van der Waals surface area contributed by atoms with Gasteiger partial charge in [0.15, 0.2) is 0 Å². The van der Waals surface area contributed by atoms with Crippen LogP contribution in [-0.2, 0) is 11.8 Å². The van der Waals surface area contributed by atoms with E-state index >= 15 is 0 Å². The van der Waals surface area contributed by atoms with Gasteiger partial charge in [-0.2, -0.15) is 9.36 Å². The van der Waals surface area contributed by atoms with E-state index in [9.17, 15) is 9.59 Å². The fourth-order valence-corrected chi connectivity index (χ4v) is 0.556. The third-order valence-electron chi connectivity index (χ3n) is 1.10. The van der Waals surface area contributed by atoms with Crippen LogP contribution in [0.4, 0.5) is 0 Å². The third-order valence-corrected chi connectivity index (χ3v) is 1.10. The molecule has 0 aliphatic rings. The molecule has 0 saturated carbocycles. The van der Waals surface area contributed by atoms with E-state index in [4.69, 9.17) is 5.11 Å². The molecule has 64 valence electrons. The monoisotopic (exact) mass is 170 g/mol. The smallest absolute Gasteiger partial charge is 0.367 e. The predicted molar refractivity (Wildman–Crippen MR) is 38.2 cm³/mol. The van der Waals surface area contributed by atoms with Gasteiger partial charge in [0.1, 0.15) is 0 Å². The molecular weight excluding hydrogens is 164 g/mol. The Morgan fingerprint density at radius 3 is 2.67 bits per heavy atom. The first-order valence-electron chi connectivity index (χ1n) is 3.01. The zero-order chi connectivity index (χ0) is 9.14. The highest BCUT2D eigenvalue weighted by atomic mass is 16.4. The average Bonchev–Trinajstić information content (AvgIpc) is 2.30. The Morgan fingerprint density at radius 2 is 2.25 bits per heavy atom. The number of hydrogen-bond donors (Lipinski definition) is 1. The van der Waals surface area contributed by atoms with Crippen LogP contribution in [0.25, 0.3) is 6.20 Å². The molecule has 1 aromatic heterocycles. The summed E-state index contributed by atoms with van der Waals surface area (Å²) in [5.74, 6) is -1.15. The molecule has 1 aromatic rings. The van der Waals surface area contributed by atoms with E-state index in [1.807, 2.05) is 0 Å². The van der Waals surface area contributed by atoms with Gasteiger partial charge >= 0.3 is 11.7 Å². The minimum absolute atomic E-state index is 0.493. The summed E-state index contributed by atoms with van der Waals surface area (Å²) in [6.45, 7) is 0. The molecule has 1 N–H and O–H groups in total. The number of nitrogens with zero attached hydrogens (tertiary/aromatic N) is 4. The third kappa shape index (κ3) is 1.57. The van der Waals surface area contributed by atoms with Crippen molar-refractivity contribution in [3.8, 4) is 0 Å². The molecule has 0 fully saturated rings. The van der Waals surface area contributed by atoms with Crippen LogP contribution in [0.5, 0.6) is 0 Å². The number of tetrazole rings is 1. The van der Waals surface area contributed by atoms with Crippen LogP contribution in [0, 0.1) is 0 Å². The van der Waals surface area contributed by atoms with Gasteiger partial charge in [-0.25, -0.2) is 9.59 Å².